The quantitative estimate of drug-likeness (QED) is 0.722. The Hall–Kier alpha value is -2.51. The minimum atomic E-state index is 0.00850. The van der Waals surface area contributed by atoms with E-state index in [0.29, 0.717) is 18.2 Å². The number of aryl methyl sites for hydroxylation is 1. The number of carbonyl (C=O) groups excluding carboxylic acids is 2. The second-order valence-corrected chi connectivity index (χ2v) is 8.54. The molecule has 164 valence electrons. The Kier molecular flexibility index (Phi) is 6.53. The molecule has 0 spiro atoms. The first-order chi connectivity index (χ1) is 14.9. The number of amides is 2. The van der Waals surface area contributed by atoms with Gasteiger partial charge in [-0.1, -0.05) is 11.6 Å². The summed E-state index contributed by atoms with van der Waals surface area (Å²) in [6.07, 6.45) is 8.79. The third-order valence-corrected chi connectivity index (χ3v) is 6.48. The predicted octanol–water partition coefficient (Wildman–Crippen LogP) is 3.62. The van der Waals surface area contributed by atoms with Gasteiger partial charge in [-0.3, -0.25) is 19.5 Å². The van der Waals surface area contributed by atoms with Gasteiger partial charge in [-0.25, -0.2) is 4.98 Å². The molecular formula is C23H27ClN4O3. The summed E-state index contributed by atoms with van der Waals surface area (Å²) in [5.74, 6) is 0.862. The van der Waals surface area contributed by atoms with Crippen molar-refractivity contribution in [2.45, 2.75) is 52.2 Å². The van der Waals surface area contributed by atoms with Crippen LogP contribution in [0.1, 0.15) is 44.2 Å². The van der Waals surface area contributed by atoms with Gasteiger partial charge in [0.05, 0.1) is 17.7 Å². The molecule has 8 heteroatoms. The average molecular weight is 443 g/mol. The van der Waals surface area contributed by atoms with Crippen molar-refractivity contribution >= 4 is 29.2 Å². The highest BCUT2D eigenvalue weighted by Crippen LogP contribution is 2.34. The van der Waals surface area contributed by atoms with Gasteiger partial charge in [0.1, 0.15) is 5.82 Å². The van der Waals surface area contributed by atoms with Gasteiger partial charge in [-0.05, 0) is 37.3 Å². The first-order valence-corrected chi connectivity index (χ1v) is 11.1. The lowest BCUT2D eigenvalue weighted by molar-refractivity contribution is -0.131. The number of piperidine rings is 1. The molecule has 2 aromatic heterocycles. The number of halogens is 1. The van der Waals surface area contributed by atoms with Gasteiger partial charge in [-0.15, -0.1) is 0 Å². The van der Waals surface area contributed by atoms with Crippen LogP contribution in [0.15, 0.2) is 24.7 Å². The van der Waals surface area contributed by atoms with Crippen molar-refractivity contribution < 1.29 is 14.3 Å². The summed E-state index contributed by atoms with van der Waals surface area (Å²) in [5.41, 5.74) is 3.58. The van der Waals surface area contributed by atoms with E-state index in [-0.39, 0.29) is 17.9 Å². The predicted molar refractivity (Wildman–Crippen MR) is 119 cm³/mol. The zero-order valence-corrected chi connectivity index (χ0v) is 18.7. The number of fused-ring (bicyclic) bond motifs is 1. The number of hydrogen-bond acceptors (Lipinski definition) is 5. The van der Waals surface area contributed by atoms with Crippen molar-refractivity contribution in [2.75, 3.05) is 24.5 Å². The molecule has 0 N–H and O–H groups in total. The van der Waals surface area contributed by atoms with Gasteiger partial charge in [0.2, 0.25) is 11.8 Å². The fourth-order valence-corrected chi connectivity index (χ4v) is 4.51. The van der Waals surface area contributed by atoms with Gasteiger partial charge < -0.3 is 9.64 Å². The number of pyridine rings is 2. The molecule has 0 aliphatic carbocycles. The molecule has 2 aromatic rings. The van der Waals surface area contributed by atoms with Crippen LogP contribution in [0.2, 0.25) is 5.02 Å². The normalized spacial score (nSPS) is 16.9. The number of carbonyl (C=O) groups is 2. The number of likely N-dealkylation sites (tertiary alicyclic amines) is 1. The van der Waals surface area contributed by atoms with Crippen molar-refractivity contribution in [3.8, 4) is 11.1 Å². The molecule has 0 atom stereocenters. The summed E-state index contributed by atoms with van der Waals surface area (Å²) in [6.45, 7) is 5.70. The summed E-state index contributed by atoms with van der Waals surface area (Å²) in [7, 11) is 0. The molecule has 4 heterocycles. The number of hydrogen-bond donors (Lipinski definition) is 0. The summed E-state index contributed by atoms with van der Waals surface area (Å²) >= 11 is 6.72. The first kappa shape index (κ1) is 21.7. The van der Waals surface area contributed by atoms with Crippen LogP contribution >= 0.6 is 11.6 Å². The Bertz CT molecular complexity index is 989. The Morgan fingerprint density at radius 2 is 1.90 bits per heavy atom. The maximum atomic E-state index is 11.9. The van der Waals surface area contributed by atoms with Gasteiger partial charge in [0, 0.05) is 68.8 Å². The minimum Gasteiger partial charge on any atom is -0.373 e. The lowest BCUT2D eigenvalue weighted by Gasteiger charge is -2.31. The van der Waals surface area contributed by atoms with Crippen LogP contribution in [0.4, 0.5) is 5.82 Å². The second-order valence-electron chi connectivity index (χ2n) is 8.16. The molecule has 0 radical (unpaired) electrons. The SMILES string of the molecule is CC(=O)N1CCC(OCc2cncc(-c3cnc4c(c3)CCCN4C(C)=O)c2Cl)CC1. The second kappa shape index (κ2) is 9.32. The number of anilines is 1. The van der Waals surface area contributed by atoms with E-state index in [1.807, 2.05) is 4.90 Å². The van der Waals surface area contributed by atoms with Crippen molar-refractivity contribution in [1.82, 2.24) is 14.9 Å². The van der Waals surface area contributed by atoms with Crippen LogP contribution in [0, 0.1) is 0 Å². The van der Waals surface area contributed by atoms with E-state index >= 15 is 0 Å². The Labute approximate surface area is 187 Å². The topological polar surface area (TPSA) is 75.6 Å². The Morgan fingerprint density at radius 3 is 2.61 bits per heavy atom. The number of aromatic nitrogens is 2. The molecule has 2 aliphatic rings. The molecule has 2 aliphatic heterocycles. The molecule has 31 heavy (non-hydrogen) atoms. The fraction of sp³-hybridized carbons (Fsp3) is 0.478. The number of ether oxygens (including phenoxy) is 1. The monoisotopic (exact) mass is 442 g/mol. The molecule has 1 fully saturated rings. The first-order valence-electron chi connectivity index (χ1n) is 10.7. The molecule has 0 unspecified atom stereocenters. The van der Waals surface area contributed by atoms with Crippen LogP contribution in [0.25, 0.3) is 11.1 Å². The largest absolute Gasteiger partial charge is 0.373 e. The Morgan fingerprint density at radius 1 is 1.13 bits per heavy atom. The zero-order chi connectivity index (χ0) is 22.0. The van der Waals surface area contributed by atoms with Crippen LogP contribution in [-0.2, 0) is 27.4 Å². The Balaban J connectivity index is 1.48. The lowest BCUT2D eigenvalue weighted by atomic mass is 10.0. The van der Waals surface area contributed by atoms with Crippen LogP contribution in [-0.4, -0.2) is 52.4 Å². The van der Waals surface area contributed by atoms with E-state index in [9.17, 15) is 9.59 Å². The van der Waals surface area contributed by atoms with Gasteiger partial charge in [-0.2, -0.15) is 0 Å². The van der Waals surface area contributed by atoms with Crippen LogP contribution in [0.5, 0.6) is 0 Å². The van der Waals surface area contributed by atoms with Gasteiger partial charge >= 0.3 is 0 Å². The van der Waals surface area contributed by atoms with Crippen LogP contribution < -0.4 is 4.90 Å². The molecular weight excluding hydrogens is 416 g/mol. The maximum absolute atomic E-state index is 11.9. The van der Waals surface area contributed by atoms with Crippen molar-refractivity contribution in [3.63, 3.8) is 0 Å². The smallest absolute Gasteiger partial charge is 0.225 e. The molecule has 1 saturated heterocycles. The van der Waals surface area contributed by atoms with Gasteiger partial charge in [0.25, 0.3) is 0 Å². The molecule has 2 amide bonds. The number of rotatable bonds is 4. The van der Waals surface area contributed by atoms with Crippen molar-refractivity contribution in [2.24, 2.45) is 0 Å². The lowest BCUT2D eigenvalue weighted by Crippen LogP contribution is -2.39. The third kappa shape index (κ3) is 4.72. The molecule has 7 nitrogen and oxygen atoms in total. The summed E-state index contributed by atoms with van der Waals surface area (Å²) < 4.78 is 6.08. The summed E-state index contributed by atoms with van der Waals surface area (Å²) in [5, 5.41) is 0.608. The van der Waals surface area contributed by atoms with E-state index in [4.69, 9.17) is 16.3 Å². The maximum Gasteiger partial charge on any atom is 0.225 e. The summed E-state index contributed by atoms with van der Waals surface area (Å²) in [6, 6.07) is 2.06. The van der Waals surface area contributed by atoms with Crippen LogP contribution in [0.3, 0.4) is 0 Å². The molecule has 4 rings (SSSR count). The van der Waals surface area contributed by atoms with Crippen molar-refractivity contribution in [1.29, 1.82) is 0 Å². The highest BCUT2D eigenvalue weighted by Gasteiger charge is 2.23. The summed E-state index contributed by atoms with van der Waals surface area (Å²) in [4.78, 5) is 35.9. The minimum absolute atomic E-state index is 0.00850. The third-order valence-electron chi connectivity index (χ3n) is 6.03. The standard InChI is InChI=1S/C23H27ClN4O3/c1-15(29)27-8-5-20(6-9-27)31-14-19-11-25-13-21(22(19)24)18-10-17-4-3-7-28(16(2)30)23(17)26-12-18/h10-13,20H,3-9,14H2,1-2H3. The van der Waals surface area contributed by atoms with E-state index < -0.39 is 0 Å². The zero-order valence-electron chi connectivity index (χ0n) is 17.9. The average Bonchev–Trinajstić information content (AvgIpc) is 2.77. The fourth-order valence-electron chi connectivity index (χ4n) is 4.25. The highest BCUT2D eigenvalue weighted by atomic mass is 35.5. The molecule has 0 bridgehead atoms. The number of nitrogens with zero attached hydrogens (tertiary/aromatic N) is 4. The van der Waals surface area contributed by atoms with E-state index in [1.165, 1.54) is 0 Å². The van der Waals surface area contributed by atoms with Crippen molar-refractivity contribution in [3.05, 3.63) is 40.8 Å². The van der Waals surface area contributed by atoms with Gasteiger partial charge in [0.15, 0.2) is 0 Å². The molecule has 0 aromatic carbocycles. The van der Waals surface area contributed by atoms with E-state index in [1.54, 1.807) is 37.3 Å². The van der Waals surface area contributed by atoms with E-state index in [2.05, 4.69) is 16.0 Å². The van der Waals surface area contributed by atoms with E-state index in [0.717, 1.165) is 66.8 Å². The molecule has 0 saturated carbocycles. The highest BCUT2D eigenvalue weighted by molar-refractivity contribution is 6.34.